The zero-order valence-electron chi connectivity index (χ0n) is 10.4. The van der Waals surface area contributed by atoms with Gasteiger partial charge in [-0.25, -0.2) is 0 Å². The van der Waals surface area contributed by atoms with E-state index in [0.717, 1.165) is 33.8 Å². The van der Waals surface area contributed by atoms with Gasteiger partial charge in [-0.2, -0.15) is 0 Å². The van der Waals surface area contributed by atoms with Crippen molar-refractivity contribution in [3.05, 3.63) is 40.9 Å². The van der Waals surface area contributed by atoms with E-state index in [2.05, 4.69) is 38.7 Å². The zero-order chi connectivity index (χ0) is 13.2. The lowest BCUT2D eigenvalue weighted by Gasteiger charge is -2.11. The third-order valence-electron chi connectivity index (χ3n) is 3.25. The van der Waals surface area contributed by atoms with Gasteiger partial charge in [-0.15, -0.1) is 0 Å². The van der Waals surface area contributed by atoms with E-state index >= 15 is 0 Å². The molecular weight excluding hydrogens is 304 g/mol. The fraction of sp³-hybridized carbons (Fsp3) is 0.267. The number of benzene rings is 2. The highest BCUT2D eigenvalue weighted by Crippen LogP contribution is 2.29. The summed E-state index contributed by atoms with van der Waals surface area (Å²) in [6.45, 7) is 0.322. The second-order valence-corrected chi connectivity index (χ2v) is 5.69. The molecule has 3 nitrogen and oxygen atoms in total. The Labute approximate surface area is 120 Å². The van der Waals surface area contributed by atoms with Gasteiger partial charge < -0.3 is 10.6 Å². The monoisotopic (exact) mass is 318 g/mol. The van der Waals surface area contributed by atoms with E-state index < -0.39 is 0 Å². The highest BCUT2D eigenvalue weighted by Gasteiger charge is 2.22. The van der Waals surface area contributed by atoms with Crippen LogP contribution < -0.4 is 10.6 Å². The molecule has 0 aromatic heterocycles. The lowest BCUT2D eigenvalue weighted by molar-refractivity contribution is -0.119. The molecule has 0 spiro atoms. The Balaban J connectivity index is 1.76. The topological polar surface area (TPSA) is 41.1 Å². The number of hydrogen-bond donors (Lipinski definition) is 2. The van der Waals surface area contributed by atoms with E-state index in [0.29, 0.717) is 12.6 Å². The predicted molar refractivity (Wildman–Crippen MR) is 81.3 cm³/mol. The molecule has 98 valence electrons. The molecule has 2 aromatic rings. The molecule has 3 rings (SSSR count). The maximum absolute atomic E-state index is 11.7. The molecule has 0 unspecified atom stereocenters. The van der Waals surface area contributed by atoms with Crippen molar-refractivity contribution >= 4 is 38.3 Å². The summed E-state index contributed by atoms with van der Waals surface area (Å²) < 4.78 is 1.07. The van der Waals surface area contributed by atoms with Crippen molar-refractivity contribution in [2.75, 3.05) is 11.9 Å². The Morgan fingerprint density at radius 3 is 2.63 bits per heavy atom. The van der Waals surface area contributed by atoms with Crippen molar-refractivity contribution in [2.24, 2.45) is 0 Å². The zero-order valence-corrected chi connectivity index (χ0v) is 12.0. The van der Waals surface area contributed by atoms with Crippen LogP contribution in [0.2, 0.25) is 0 Å². The van der Waals surface area contributed by atoms with Crippen LogP contribution in [0.4, 0.5) is 5.69 Å². The lowest BCUT2D eigenvalue weighted by atomic mass is 10.1. The summed E-state index contributed by atoms with van der Waals surface area (Å²) >= 11 is 3.54. The van der Waals surface area contributed by atoms with Gasteiger partial charge in [-0.3, -0.25) is 4.79 Å². The number of amides is 1. The smallest absolute Gasteiger partial charge is 0.239 e. The number of fused-ring (bicyclic) bond motifs is 1. The number of anilines is 1. The fourth-order valence-electron chi connectivity index (χ4n) is 2.10. The molecule has 4 heteroatoms. The summed E-state index contributed by atoms with van der Waals surface area (Å²) in [5.41, 5.74) is 0.991. The van der Waals surface area contributed by atoms with Crippen LogP contribution in [-0.2, 0) is 4.79 Å². The third kappa shape index (κ3) is 2.89. The van der Waals surface area contributed by atoms with E-state index in [1.807, 2.05) is 24.3 Å². The number of hydrogen-bond acceptors (Lipinski definition) is 2. The first-order valence-corrected chi connectivity index (χ1v) is 7.24. The molecule has 0 saturated heterocycles. The van der Waals surface area contributed by atoms with Crippen molar-refractivity contribution in [2.45, 2.75) is 18.9 Å². The fourth-order valence-corrected chi connectivity index (χ4v) is 2.58. The summed E-state index contributed by atoms with van der Waals surface area (Å²) in [7, 11) is 0. The van der Waals surface area contributed by atoms with Crippen molar-refractivity contribution in [3.8, 4) is 0 Å². The van der Waals surface area contributed by atoms with Crippen LogP contribution in [0.15, 0.2) is 40.9 Å². The number of carbonyl (C=O) groups excluding carboxylic acids is 1. The molecule has 1 fully saturated rings. The van der Waals surface area contributed by atoms with Crippen LogP contribution in [-0.4, -0.2) is 18.5 Å². The maximum Gasteiger partial charge on any atom is 0.239 e. The predicted octanol–water partition coefficient (Wildman–Crippen LogP) is 3.29. The van der Waals surface area contributed by atoms with Crippen LogP contribution >= 0.6 is 15.9 Å². The van der Waals surface area contributed by atoms with Crippen molar-refractivity contribution in [3.63, 3.8) is 0 Å². The maximum atomic E-state index is 11.7. The molecule has 0 heterocycles. The van der Waals surface area contributed by atoms with E-state index in [-0.39, 0.29) is 5.91 Å². The third-order valence-corrected chi connectivity index (χ3v) is 3.94. The second-order valence-electron chi connectivity index (χ2n) is 4.84. The number of nitrogens with one attached hydrogen (secondary N) is 2. The molecule has 1 aliphatic rings. The quantitative estimate of drug-likeness (QED) is 0.908. The average Bonchev–Trinajstić information content (AvgIpc) is 3.22. The number of rotatable bonds is 4. The van der Waals surface area contributed by atoms with Crippen molar-refractivity contribution < 1.29 is 4.79 Å². The summed E-state index contributed by atoms with van der Waals surface area (Å²) in [6.07, 6.45) is 2.24. The highest BCUT2D eigenvalue weighted by molar-refractivity contribution is 9.10. The molecule has 0 aliphatic heterocycles. The van der Waals surface area contributed by atoms with Gasteiger partial charge in [0.1, 0.15) is 0 Å². The summed E-state index contributed by atoms with van der Waals surface area (Å²) in [6, 6.07) is 12.5. The first-order chi connectivity index (χ1) is 9.24. The summed E-state index contributed by atoms with van der Waals surface area (Å²) in [5, 5.41) is 8.46. The van der Waals surface area contributed by atoms with Crippen LogP contribution in [0, 0.1) is 0 Å². The Morgan fingerprint density at radius 1 is 1.16 bits per heavy atom. The van der Waals surface area contributed by atoms with Crippen molar-refractivity contribution in [1.82, 2.24) is 5.32 Å². The Morgan fingerprint density at radius 2 is 1.89 bits per heavy atom. The normalized spacial score (nSPS) is 14.4. The van der Waals surface area contributed by atoms with Gasteiger partial charge in [-0.1, -0.05) is 40.2 Å². The number of carbonyl (C=O) groups is 1. The molecule has 19 heavy (non-hydrogen) atoms. The van der Waals surface area contributed by atoms with Gasteiger partial charge in [0.2, 0.25) is 5.91 Å². The first-order valence-electron chi connectivity index (χ1n) is 6.44. The second kappa shape index (κ2) is 5.21. The van der Waals surface area contributed by atoms with Gasteiger partial charge >= 0.3 is 0 Å². The minimum Gasteiger partial charge on any atom is -0.376 e. The van der Waals surface area contributed by atoms with Crippen LogP contribution in [0.1, 0.15) is 12.8 Å². The highest BCUT2D eigenvalue weighted by atomic mass is 79.9. The van der Waals surface area contributed by atoms with Gasteiger partial charge in [0, 0.05) is 21.6 Å². The molecule has 0 atom stereocenters. The summed E-state index contributed by atoms with van der Waals surface area (Å²) in [4.78, 5) is 11.7. The largest absolute Gasteiger partial charge is 0.376 e. The van der Waals surface area contributed by atoms with E-state index in [9.17, 15) is 4.79 Å². The lowest BCUT2D eigenvalue weighted by Crippen LogP contribution is -2.31. The van der Waals surface area contributed by atoms with E-state index in [1.54, 1.807) is 0 Å². The SMILES string of the molecule is O=C(CNc1ccc(Br)c2ccccc12)NC1CC1. The van der Waals surface area contributed by atoms with Gasteiger partial charge in [0.15, 0.2) is 0 Å². The van der Waals surface area contributed by atoms with Crippen LogP contribution in [0.3, 0.4) is 0 Å². The van der Waals surface area contributed by atoms with Crippen LogP contribution in [0.25, 0.3) is 10.8 Å². The van der Waals surface area contributed by atoms with Gasteiger partial charge in [0.05, 0.1) is 6.54 Å². The molecule has 0 bridgehead atoms. The molecular formula is C15H15BrN2O. The standard InChI is InChI=1S/C15H15BrN2O/c16-13-7-8-14(12-4-2-1-3-11(12)13)17-9-15(19)18-10-5-6-10/h1-4,7-8,10,17H,5-6,9H2,(H,18,19). The molecule has 1 amide bonds. The molecule has 2 N–H and O–H groups in total. The van der Waals surface area contributed by atoms with Gasteiger partial charge in [0.25, 0.3) is 0 Å². The van der Waals surface area contributed by atoms with Gasteiger partial charge in [-0.05, 0) is 30.4 Å². The molecule has 1 aliphatic carbocycles. The minimum atomic E-state index is 0.0644. The number of halogens is 1. The van der Waals surface area contributed by atoms with E-state index in [1.165, 1.54) is 0 Å². The average molecular weight is 319 g/mol. The van der Waals surface area contributed by atoms with E-state index in [4.69, 9.17) is 0 Å². The van der Waals surface area contributed by atoms with Crippen molar-refractivity contribution in [1.29, 1.82) is 0 Å². The molecule has 1 saturated carbocycles. The Bertz CT molecular complexity index is 623. The Kier molecular flexibility index (Phi) is 3.42. The Hall–Kier alpha value is -1.55. The first kappa shape index (κ1) is 12.5. The molecule has 2 aromatic carbocycles. The summed E-state index contributed by atoms with van der Waals surface area (Å²) in [5.74, 6) is 0.0644. The van der Waals surface area contributed by atoms with Crippen LogP contribution in [0.5, 0.6) is 0 Å². The molecule has 0 radical (unpaired) electrons. The minimum absolute atomic E-state index is 0.0644.